The van der Waals surface area contributed by atoms with Crippen LogP contribution < -0.4 is 4.74 Å². The van der Waals surface area contributed by atoms with E-state index >= 15 is 0 Å². The molecule has 0 unspecified atom stereocenters. The molecule has 0 aliphatic carbocycles. The number of imidazole rings is 1. The zero-order chi connectivity index (χ0) is 22.8. The Morgan fingerprint density at radius 2 is 1.91 bits per heavy atom. The van der Waals surface area contributed by atoms with Gasteiger partial charge in [0, 0.05) is 24.1 Å². The highest BCUT2D eigenvalue weighted by Gasteiger charge is 2.18. The van der Waals surface area contributed by atoms with Crippen molar-refractivity contribution >= 4 is 22.3 Å². The number of carbonyl (C=O) groups is 1. The summed E-state index contributed by atoms with van der Waals surface area (Å²) >= 11 is 0. The topological polar surface area (TPSA) is 74.3 Å². The average Bonchev–Trinajstić information content (AvgIpc) is 3.42. The van der Waals surface area contributed by atoms with Crippen molar-refractivity contribution in [3.05, 3.63) is 89.6 Å². The average molecular weight is 440 g/mol. The highest BCUT2D eigenvalue weighted by atomic mass is 16.5. The van der Waals surface area contributed by atoms with Crippen molar-refractivity contribution in [2.75, 3.05) is 6.61 Å². The van der Waals surface area contributed by atoms with Crippen molar-refractivity contribution < 1.29 is 9.53 Å². The molecule has 1 aromatic carbocycles. The summed E-state index contributed by atoms with van der Waals surface area (Å²) in [5.41, 5.74) is 5.18. The Kier molecular flexibility index (Phi) is 5.60. The Bertz CT molecular complexity index is 1450. The highest BCUT2D eigenvalue weighted by molar-refractivity contribution is 5.99. The molecule has 166 valence electrons. The normalized spacial score (nSPS) is 11.3. The quantitative estimate of drug-likeness (QED) is 0.333. The van der Waals surface area contributed by atoms with Crippen LogP contribution in [-0.2, 0) is 19.4 Å². The van der Waals surface area contributed by atoms with E-state index in [1.165, 1.54) is 0 Å². The van der Waals surface area contributed by atoms with E-state index in [1.807, 2.05) is 70.7 Å². The third kappa shape index (κ3) is 3.98. The number of fused-ring (bicyclic) bond motifs is 2. The van der Waals surface area contributed by atoms with Crippen LogP contribution in [0, 0.1) is 0 Å². The minimum absolute atomic E-state index is 0.0297. The SMILES string of the molecule is CCOc1cccc(Cn2nc(CC)c3c(CC(=O)c4cnc5ccccn45)cccc32)n1. The molecule has 0 radical (unpaired) electrons. The number of hydrogen-bond acceptors (Lipinski definition) is 5. The first-order valence-electron chi connectivity index (χ1n) is 11.2. The van der Waals surface area contributed by atoms with Crippen LogP contribution in [0.1, 0.15) is 41.3 Å². The monoisotopic (exact) mass is 439 g/mol. The lowest BCUT2D eigenvalue weighted by molar-refractivity contribution is 0.0987. The van der Waals surface area contributed by atoms with E-state index in [2.05, 4.69) is 23.0 Å². The van der Waals surface area contributed by atoms with Crippen molar-refractivity contribution in [2.45, 2.75) is 33.2 Å². The van der Waals surface area contributed by atoms with Gasteiger partial charge in [0.1, 0.15) is 11.3 Å². The predicted octanol–water partition coefficient (Wildman–Crippen LogP) is 4.51. The van der Waals surface area contributed by atoms with Gasteiger partial charge in [-0.2, -0.15) is 5.10 Å². The van der Waals surface area contributed by atoms with Crippen molar-refractivity contribution in [1.29, 1.82) is 0 Å². The number of ketones is 1. The lowest BCUT2D eigenvalue weighted by Gasteiger charge is -2.07. The number of nitrogens with zero attached hydrogens (tertiary/aromatic N) is 5. The zero-order valence-corrected chi connectivity index (χ0v) is 18.7. The first-order valence-corrected chi connectivity index (χ1v) is 11.2. The van der Waals surface area contributed by atoms with E-state index in [9.17, 15) is 4.79 Å². The van der Waals surface area contributed by atoms with Crippen LogP contribution in [-0.4, -0.2) is 36.5 Å². The molecule has 0 saturated heterocycles. The number of pyridine rings is 2. The minimum Gasteiger partial charge on any atom is -0.478 e. The second-order valence-corrected chi connectivity index (χ2v) is 7.84. The molecule has 4 aromatic heterocycles. The molecule has 0 aliphatic heterocycles. The summed E-state index contributed by atoms with van der Waals surface area (Å²) in [6.07, 6.45) is 4.58. The lowest BCUT2D eigenvalue weighted by atomic mass is 10.0. The summed E-state index contributed by atoms with van der Waals surface area (Å²) in [4.78, 5) is 22.2. The summed E-state index contributed by atoms with van der Waals surface area (Å²) < 4.78 is 9.35. The van der Waals surface area contributed by atoms with Crippen molar-refractivity contribution in [1.82, 2.24) is 24.1 Å². The predicted molar refractivity (Wildman–Crippen MR) is 127 cm³/mol. The van der Waals surface area contributed by atoms with Gasteiger partial charge in [0.15, 0.2) is 5.78 Å². The van der Waals surface area contributed by atoms with E-state index in [0.717, 1.165) is 39.9 Å². The van der Waals surface area contributed by atoms with Gasteiger partial charge in [0.05, 0.1) is 36.3 Å². The van der Waals surface area contributed by atoms with Crippen LogP contribution in [0.5, 0.6) is 5.88 Å². The van der Waals surface area contributed by atoms with E-state index in [-0.39, 0.29) is 12.2 Å². The molecule has 5 rings (SSSR count). The first kappa shape index (κ1) is 20.9. The van der Waals surface area contributed by atoms with E-state index in [1.54, 1.807) is 6.20 Å². The molecule has 0 saturated carbocycles. The third-order valence-electron chi connectivity index (χ3n) is 5.71. The molecular formula is C26H25N5O2. The van der Waals surface area contributed by atoms with Gasteiger partial charge >= 0.3 is 0 Å². The summed E-state index contributed by atoms with van der Waals surface area (Å²) in [6.45, 7) is 5.13. The molecule has 7 heteroatoms. The van der Waals surface area contributed by atoms with E-state index in [0.29, 0.717) is 24.7 Å². The van der Waals surface area contributed by atoms with Crippen molar-refractivity contribution in [3.8, 4) is 5.88 Å². The number of aryl methyl sites for hydroxylation is 1. The zero-order valence-electron chi connectivity index (χ0n) is 18.7. The summed E-state index contributed by atoms with van der Waals surface area (Å²) in [5, 5.41) is 5.91. The second-order valence-electron chi connectivity index (χ2n) is 7.84. The molecule has 0 aliphatic rings. The Morgan fingerprint density at radius 1 is 1.03 bits per heavy atom. The largest absolute Gasteiger partial charge is 0.478 e. The lowest BCUT2D eigenvalue weighted by Crippen LogP contribution is -2.07. The van der Waals surface area contributed by atoms with E-state index in [4.69, 9.17) is 9.84 Å². The van der Waals surface area contributed by atoms with Crippen LogP contribution in [0.15, 0.2) is 67.0 Å². The molecule has 0 atom stereocenters. The van der Waals surface area contributed by atoms with Gasteiger partial charge in [0.2, 0.25) is 5.88 Å². The summed E-state index contributed by atoms with van der Waals surface area (Å²) in [5.74, 6) is 0.642. The summed E-state index contributed by atoms with van der Waals surface area (Å²) in [6, 6.07) is 17.5. The number of rotatable bonds is 8. The van der Waals surface area contributed by atoms with Crippen molar-refractivity contribution in [3.63, 3.8) is 0 Å². The Balaban J connectivity index is 1.50. The molecule has 33 heavy (non-hydrogen) atoms. The Morgan fingerprint density at radius 3 is 2.76 bits per heavy atom. The van der Waals surface area contributed by atoms with Crippen LogP contribution in [0.2, 0.25) is 0 Å². The number of benzene rings is 1. The van der Waals surface area contributed by atoms with Gasteiger partial charge in [-0.15, -0.1) is 0 Å². The molecule has 0 N–H and O–H groups in total. The maximum atomic E-state index is 13.2. The second kappa shape index (κ2) is 8.86. The van der Waals surface area contributed by atoms with Gasteiger partial charge in [-0.3, -0.25) is 13.9 Å². The van der Waals surface area contributed by atoms with Gasteiger partial charge in [-0.05, 0) is 43.2 Å². The molecular weight excluding hydrogens is 414 g/mol. The summed E-state index contributed by atoms with van der Waals surface area (Å²) in [7, 11) is 0. The molecule has 0 bridgehead atoms. The van der Waals surface area contributed by atoms with Gasteiger partial charge in [-0.1, -0.05) is 31.2 Å². The molecule has 0 amide bonds. The maximum absolute atomic E-state index is 13.2. The van der Waals surface area contributed by atoms with Gasteiger partial charge in [0.25, 0.3) is 0 Å². The molecule has 0 fully saturated rings. The third-order valence-corrected chi connectivity index (χ3v) is 5.71. The Labute approximate surface area is 191 Å². The van der Waals surface area contributed by atoms with Crippen LogP contribution in [0.4, 0.5) is 0 Å². The maximum Gasteiger partial charge on any atom is 0.213 e. The number of ether oxygens (including phenoxy) is 1. The van der Waals surface area contributed by atoms with Gasteiger partial charge in [-0.25, -0.2) is 9.97 Å². The minimum atomic E-state index is 0.0297. The van der Waals surface area contributed by atoms with Crippen molar-refractivity contribution in [2.24, 2.45) is 0 Å². The molecule has 7 nitrogen and oxygen atoms in total. The van der Waals surface area contributed by atoms with Gasteiger partial charge < -0.3 is 4.74 Å². The number of aromatic nitrogens is 5. The fourth-order valence-electron chi connectivity index (χ4n) is 4.23. The number of Topliss-reactive ketones (excluding diaryl/α,β-unsaturated/α-hetero) is 1. The Hall–Kier alpha value is -4.00. The molecule has 5 aromatic rings. The number of carbonyl (C=O) groups excluding carboxylic acids is 1. The smallest absolute Gasteiger partial charge is 0.213 e. The first-order chi connectivity index (χ1) is 16.2. The standard InChI is InChI=1S/C26H25N5O2/c1-3-20-26-18(15-23(32)22-16-27-24-12-5-6-14-30(22)24)9-7-11-21(26)31(29-20)17-19-10-8-13-25(28-19)33-4-2/h5-14,16H,3-4,15,17H2,1-2H3. The number of hydrogen-bond donors (Lipinski definition) is 0. The molecule has 4 heterocycles. The van der Waals surface area contributed by atoms with Crippen LogP contribution in [0.25, 0.3) is 16.6 Å². The highest BCUT2D eigenvalue weighted by Crippen LogP contribution is 2.26. The van der Waals surface area contributed by atoms with Crippen LogP contribution >= 0.6 is 0 Å². The van der Waals surface area contributed by atoms with E-state index < -0.39 is 0 Å². The molecule has 0 spiro atoms. The fraction of sp³-hybridized carbons (Fsp3) is 0.231. The van der Waals surface area contributed by atoms with Crippen LogP contribution in [0.3, 0.4) is 0 Å². The fourth-order valence-corrected chi connectivity index (χ4v) is 4.23.